The second-order valence-corrected chi connectivity index (χ2v) is 9.99. The van der Waals surface area contributed by atoms with Gasteiger partial charge in [0.1, 0.15) is 11.5 Å². The molecular formula is C34H50N2O2. The Morgan fingerprint density at radius 3 is 1.11 bits per heavy atom. The van der Waals surface area contributed by atoms with Crippen molar-refractivity contribution in [3.63, 3.8) is 0 Å². The van der Waals surface area contributed by atoms with Crippen molar-refractivity contribution < 1.29 is 9.47 Å². The van der Waals surface area contributed by atoms with Crippen LogP contribution in [-0.2, 0) is 0 Å². The second-order valence-electron chi connectivity index (χ2n) is 9.99. The average Bonchev–Trinajstić information content (AvgIpc) is 2.95. The summed E-state index contributed by atoms with van der Waals surface area (Å²) in [5.41, 5.74) is 1.63. The lowest BCUT2D eigenvalue weighted by molar-refractivity contribution is 0.304. The third-order valence-corrected chi connectivity index (χ3v) is 6.60. The van der Waals surface area contributed by atoms with Crippen LogP contribution in [0, 0.1) is 0 Å². The molecule has 0 heterocycles. The van der Waals surface area contributed by atoms with Gasteiger partial charge >= 0.3 is 0 Å². The monoisotopic (exact) mass is 518 g/mol. The average molecular weight is 519 g/mol. The van der Waals surface area contributed by atoms with Crippen molar-refractivity contribution in [1.29, 1.82) is 0 Å². The SMILES string of the molecule is C=CCCCCCCCCCOc1ccc(N=Nc2ccc(OCCCCCCCCCC=C)cc2)cc1. The quantitative estimate of drug-likeness (QED) is 0.0787. The minimum Gasteiger partial charge on any atom is -0.494 e. The number of unbranched alkanes of at least 4 members (excludes halogenated alkanes) is 14. The van der Waals surface area contributed by atoms with Gasteiger partial charge in [-0.25, -0.2) is 0 Å². The zero-order chi connectivity index (χ0) is 26.9. The third-order valence-electron chi connectivity index (χ3n) is 6.60. The summed E-state index contributed by atoms with van der Waals surface area (Å²) in [6.45, 7) is 9.08. The molecule has 0 aliphatic carbocycles. The van der Waals surface area contributed by atoms with Crippen LogP contribution in [0.2, 0.25) is 0 Å². The summed E-state index contributed by atoms with van der Waals surface area (Å²) < 4.78 is 11.7. The number of hydrogen-bond donors (Lipinski definition) is 0. The topological polar surface area (TPSA) is 43.2 Å². The first-order valence-corrected chi connectivity index (χ1v) is 14.9. The summed E-state index contributed by atoms with van der Waals surface area (Å²) >= 11 is 0. The summed E-state index contributed by atoms with van der Waals surface area (Å²) in [5, 5.41) is 8.70. The van der Waals surface area contributed by atoms with Crippen molar-refractivity contribution in [3.05, 3.63) is 73.8 Å². The van der Waals surface area contributed by atoms with Gasteiger partial charge in [-0.1, -0.05) is 76.4 Å². The van der Waals surface area contributed by atoms with E-state index in [4.69, 9.17) is 9.47 Å². The summed E-state index contributed by atoms with van der Waals surface area (Å²) in [6.07, 6.45) is 24.1. The van der Waals surface area contributed by atoms with E-state index >= 15 is 0 Å². The predicted octanol–water partition coefficient (Wildman–Crippen LogP) is 11.5. The van der Waals surface area contributed by atoms with Crippen LogP contribution >= 0.6 is 0 Å². The van der Waals surface area contributed by atoms with Crippen molar-refractivity contribution >= 4 is 11.4 Å². The molecule has 0 fully saturated rings. The molecule has 0 saturated heterocycles. The summed E-state index contributed by atoms with van der Waals surface area (Å²) in [6, 6.07) is 15.6. The molecule has 0 saturated carbocycles. The minimum absolute atomic E-state index is 0.766. The van der Waals surface area contributed by atoms with E-state index in [9.17, 15) is 0 Å². The fourth-order valence-corrected chi connectivity index (χ4v) is 4.26. The van der Waals surface area contributed by atoms with Crippen molar-refractivity contribution in [2.75, 3.05) is 13.2 Å². The second kappa shape index (κ2) is 22.1. The molecule has 0 aliphatic rings. The first kappa shape index (κ1) is 31.3. The Morgan fingerprint density at radius 1 is 0.447 bits per heavy atom. The maximum Gasteiger partial charge on any atom is 0.119 e. The van der Waals surface area contributed by atoms with Crippen LogP contribution in [0.25, 0.3) is 0 Å². The highest BCUT2D eigenvalue weighted by Crippen LogP contribution is 2.23. The van der Waals surface area contributed by atoms with Gasteiger partial charge in [-0.15, -0.1) is 13.2 Å². The molecule has 0 atom stereocenters. The van der Waals surface area contributed by atoms with Gasteiger partial charge in [0.15, 0.2) is 0 Å². The van der Waals surface area contributed by atoms with Gasteiger partial charge in [-0.05, 0) is 87.1 Å². The Kier molecular flexibility index (Phi) is 18.3. The number of rotatable bonds is 24. The first-order chi connectivity index (χ1) is 18.8. The Bertz CT molecular complexity index is 801. The Labute approximate surface area is 232 Å². The van der Waals surface area contributed by atoms with Crippen LogP contribution in [0.1, 0.15) is 103 Å². The van der Waals surface area contributed by atoms with Crippen LogP contribution in [0.4, 0.5) is 11.4 Å². The van der Waals surface area contributed by atoms with E-state index in [-0.39, 0.29) is 0 Å². The van der Waals surface area contributed by atoms with Gasteiger partial charge in [0.05, 0.1) is 24.6 Å². The van der Waals surface area contributed by atoms with Crippen LogP contribution in [-0.4, -0.2) is 13.2 Å². The molecular weight excluding hydrogens is 468 g/mol. The third kappa shape index (κ3) is 16.1. The van der Waals surface area contributed by atoms with Crippen molar-refractivity contribution in [1.82, 2.24) is 0 Å². The Balaban J connectivity index is 1.53. The lowest BCUT2D eigenvalue weighted by atomic mass is 10.1. The van der Waals surface area contributed by atoms with E-state index in [0.29, 0.717) is 0 Å². The van der Waals surface area contributed by atoms with E-state index in [0.717, 1.165) is 61.8 Å². The number of benzene rings is 2. The molecule has 0 aliphatic heterocycles. The van der Waals surface area contributed by atoms with E-state index in [1.165, 1.54) is 77.0 Å². The van der Waals surface area contributed by atoms with Gasteiger partial charge < -0.3 is 9.47 Å². The highest BCUT2D eigenvalue weighted by Gasteiger charge is 1.99. The Morgan fingerprint density at radius 2 is 0.763 bits per heavy atom. The zero-order valence-corrected chi connectivity index (χ0v) is 23.6. The van der Waals surface area contributed by atoms with Crippen LogP contribution < -0.4 is 9.47 Å². The predicted molar refractivity (Wildman–Crippen MR) is 162 cm³/mol. The van der Waals surface area contributed by atoms with Gasteiger partial charge in [0, 0.05) is 0 Å². The molecule has 0 spiro atoms. The molecule has 2 rings (SSSR count). The first-order valence-electron chi connectivity index (χ1n) is 14.9. The zero-order valence-electron chi connectivity index (χ0n) is 23.6. The van der Waals surface area contributed by atoms with Gasteiger partial charge in [-0.2, -0.15) is 10.2 Å². The van der Waals surface area contributed by atoms with Gasteiger partial charge in [-0.3, -0.25) is 0 Å². The number of nitrogens with zero attached hydrogens (tertiary/aromatic N) is 2. The number of hydrogen-bond acceptors (Lipinski definition) is 4. The molecule has 4 heteroatoms. The van der Waals surface area contributed by atoms with Crippen LogP contribution in [0.5, 0.6) is 11.5 Å². The summed E-state index contributed by atoms with van der Waals surface area (Å²) in [4.78, 5) is 0. The van der Waals surface area contributed by atoms with Crippen molar-refractivity contribution in [2.45, 2.75) is 103 Å². The minimum atomic E-state index is 0.766. The fourth-order valence-electron chi connectivity index (χ4n) is 4.26. The largest absolute Gasteiger partial charge is 0.494 e. The van der Waals surface area contributed by atoms with Crippen LogP contribution in [0.15, 0.2) is 84.1 Å². The van der Waals surface area contributed by atoms with E-state index in [1.807, 2.05) is 60.7 Å². The molecule has 208 valence electrons. The normalized spacial score (nSPS) is 11.1. The highest BCUT2D eigenvalue weighted by atomic mass is 16.5. The van der Waals surface area contributed by atoms with E-state index < -0.39 is 0 Å². The molecule has 0 bridgehead atoms. The summed E-state index contributed by atoms with van der Waals surface area (Å²) in [5.74, 6) is 1.77. The molecule has 0 N–H and O–H groups in total. The maximum absolute atomic E-state index is 5.87. The molecule has 0 unspecified atom stereocenters. The van der Waals surface area contributed by atoms with E-state index in [1.54, 1.807) is 0 Å². The number of allylic oxidation sites excluding steroid dienone is 2. The van der Waals surface area contributed by atoms with Gasteiger partial charge in [0.2, 0.25) is 0 Å². The Hall–Kier alpha value is -2.88. The van der Waals surface area contributed by atoms with Crippen molar-refractivity contribution in [2.24, 2.45) is 10.2 Å². The molecule has 38 heavy (non-hydrogen) atoms. The molecule has 2 aromatic rings. The van der Waals surface area contributed by atoms with Gasteiger partial charge in [0.25, 0.3) is 0 Å². The molecule has 2 aromatic carbocycles. The van der Waals surface area contributed by atoms with E-state index in [2.05, 4.69) is 23.4 Å². The highest BCUT2D eigenvalue weighted by molar-refractivity contribution is 5.44. The fraction of sp³-hybridized carbons (Fsp3) is 0.529. The molecule has 4 nitrogen and oxygen atoms in total. The molecule has 0 aromatic heterocycles. The van der Waals surface area contributed by atoms with Crippen molar-refractivity contribution in [3.8, 4) is 11.5 Å². The molecule has 0 radical (unpaired) electrons. The number of ether oxygens (including phenoxy) is 2. The standard InChI is InChI=1S/C34H50N2O2/c1-3-5-7-9-11-13-15-17-19-29-37-33-25-21-31(22-26-33)35-36-32-23-27-34(28-24-32)38-30-20-18-16-14-12-10-8-6-4-2/h3-4,21-28H,1-2,5-20,29-30H2. The number of azo groups is 1. The maximum atomic E-state index is 5.87. The smallest absolute Gasteiger partial charge is 0.119 e. The molecule has 0 amide bonds. The lowest BCUT2D eigenvalue weighted by Crippen LogP contribution is -1.97. The van der Waals surface area contributed by atoms with Crippen LogP contribution in [0.3, 0.4) is 0 Å². The summed E-state index contributed by atoms with van der Waals surface area (Å²) in [7, 11) is 0. The lowest BCUT2D eigenvalue weighted by Gasteiger charge is -2.07.